The van der Waals surface area contributed by atoms with E-state index in [4.69, 9.17) is 9.26 Å². The number of aromatic nitrogens is 2. The highest BCUT2D eigenvalue weighted by atomic mass is 16.6. The van der Waals surface area contributed by atoms with Gasteiger partial charge in [-0.25, -0.2) is 0 Å². The molecule has 0 saturated carbocycles. The van der Waals surface area contributed by atoms with Crippen LogP contribution in [0.4, 0.5) is 0 Å². The van der Waals surface area contributed by atoms with E-state index in [1.54, 1.807) is 6.92 Å². The smallest absolute Gasteiger partial charge is 0.417 e. The second-order valence-corrected chi connectivity index (χ2v) is 4.84. The van der Waals surface area contributed by atoms with Gasteiger partial charge in [-0.15, -0.1) is 0 Å². The Balaban J connectivity index is 2.20. The second-order valence-electron chi connectivity index (χ2n) is 4.84. The molecule has 1 aromatic rings. The van der Waals surface area contributed by atoms with Crippen LogP contribution in [0.5, 0.6) is 6.08 Å². The summed E-state index contributed by atoms with van der Waals surface area (Å²) < 4.78 is 9.80. The summed E-state index contributed by atoms with van der Waals surface area (Å²) >= 11 is 0. The monoisotopic (exact) mass is 255 g/mol. The first kappa shape index (κ1) is 14.5. The second kappa shape index (κ2) is 6.98. The molecular weight excluding hydrogens is 234 g/mol. The number of carbonyl (C=O) groups is 1. The van der Waals surface area contributed by atoms with Crippen LogP contribution in [0.1, 0.15) is 39.4 Å². The topological polar surface area (TPSA) is 77.2 Å². The molecule has 6 heteroatoms. The van der Waals surface area contributed by atoms with Crippen LogP contribution in [0.3, 0.4) is 0 Å². The van der Waals surface area contributed by atoms with Crippen molar-refractivity contribution in [1.82, 2.24) is 15.5 Å². The molecule has 0 spiro atoms. The standard InChI is InChI=1S/C12H21N3O3/c1-8(2)5-6-9(3)13-11(16)7-17-12-14-10(4)15-18-12/h8-9H,5-7H2,1-4H3,(H,13,16)/t9-/m0/s1. The van der Waals surface area contributed by atoms with E-state index in [0.717, 1.165) is 12.8 Å². The number of nitrogens with zero attached hydrogens (tertiary/aromatic N) is 2. The average molecular weight is 255 g/mol. The highest BCUT2D eigenvalue weighted by Gasteiger charge is 2.10. The lowest BCUT2D eigenvalue weighted by Gasteiger charge is -2.14. The van der Waals surface area contributed by atoms with Crippen LogP contribution in [0, 0.1) is 12.8 Å². The molecule has 1 heterocycles. The van der Waals surface area contributed by atoms with Gasteiger partial charge in [0.1, 0.15) is 0 Å². The van der Waals surface area contributed by atoms with Gasteiger partial charge in [0.25, 0.3) is 5.91 Å². The number of hydrogen-bond donors (Lipinski definition) is 1. The highest BCUT2D eigenvalue weighted by Crippen LogP contribution is 2.07. The molecule has 0 aliphatic heterocycles. The summed E-state index contributed by atoms with van der Waals surface area (Å²) in [5, 5.41) is 6.42. The van der Waals surface area contributed by atoms with Crippen molar-refractivity contribution < 1.29 is 14.1 Å². The SMILES string of the molecule is Cc1noc(OCC(=O)N[C@@H](C)CCC(C)C)n1. The van der Waals surface area contributed by atoms with E-state index in [1.165, 1.54) is 0 Å². The van der Waals surface area contributed by atoms with Crippen LogP contribution in [-0.4, -0.2) is 28.7 Å². The van der Waals surface area contributed by atoms with Gasteiger partial charge in [0.05, 0.1) is 0 Å². The van der Waals surface area contributed by atoms with E-state index in [0.29, 0.717) is 11.7 Å². The third-order valence-electron chi connectivity index (χ3n) is 2.42. The van der Waals surface area contributed by atoms with Crippen LogP contribution < -0.4 is 10.1 Å². The zero-order chi connectivity index (χ0) is 13.5. The minimum Gasteiger partial charge on any atom is -0.439 e. The normalized spacial score (nSPS) is 12.5. The van der Waals surface area contributed by atoms with Gasteiger partial charge in [-0.1, -0.05) is 19.0 Å². The Hall–Kier alpha value is -1.59. The molecule has 0 aliphatic rings. The van der Waals surface area contributed by atoms with Crippen LogP contribution in [0.2, 0.25) is 0 Å². The summed E-state index contributed by atoms with van der Waals surface area (Å²) in [6.07, 6.45) is 2.08. The maximum Gasteiger partial charge on any atom is 0.417 e. The summed E-state index contributed by atoms with van der Waals surface area (Å²) in [5.74, 6) is 0.944. The van der Waals surface area contributed by atoms with Gasteiger partial charge in [-0.3, -0.25) is 9.32 Å². The summed E-state index contributed by atoms with van der Waals surface area (Å²) in [6.45, 7) is 7.89. The molecule has 1 atom stereocenters. The Morgan fingerprint density at radius 2 is 2.11 bits per heavy atom. The number of rotatable bonds is 7. The largest absolute Gasteiger partial charge is 0.439 e. The molecule has 102 valence electrons. The van der Waals surface area contributed by atoms with Gasteiger partial charge in [-0.05, 0) is 32.6 Å². The molecule has 0 fully saturated rings. The van der Waals surface area contributed by atoms with Crippen molar-refractivity contribution in [2.24, 2.45) is 5.92 Å². The lowest BCUT2D eigenvalue weighted by atomic mass is 10.0. The van der Waals surface area contributed by atoms with Crippen LogP contribution in [-0.2, 0) is 4.79 Å². The molecule has 1 aromatic heterocycles. The Labute approximate surface area is 107 Å². The quantitative estimate of drug-likeness (QED) is 0.802. The minimum atomic E-state index is -0.179. The number of ether oxygens (including phenoxy) is 1. The van der Waals surface area contributed by atoms with E-state index < -0.39 is 0 Å². The molecule has 1 N–H and O–H groups in total. The predicted octanol–water partition coefficient (Wildman–Crippen LogP) is 1.70. The molecule has 1 amide bonds. The number of nitrogens with one attached hydrogen (secondary N) is 1. The van der Waals surface area contributed by atoms with E-state index in [2.05, 4.69) is 29.3 Å². The highest BCUT2D eigenvalue weighted by molar-refractivity contribution is 5.77. The summed E-state index contributed by atoms with van der Waals surface area (Å²) in [7, 11) is 0. The molecule has 0 bridgehead atoms. The first-order valence-corrected chi connectivity index (χ1v) is 6.20. The van der Waals surface area contributed by atoms with Crippen molar-refractivity contribution in [2.45, 2.75) is 46.6 Å². The molecule has 1 rings (SSSR count). The molecule has 0 unspecified atom stereocenters. The minimum absolute atomic E-state index is 0.0254. The third kappa shape index (κ3) is 5.65. The zero-order valence-electron chi connectivity index (χ0n) is 11.4. The van der Waals surface area contributed by atoms with Crippen molar-refractivity contribution >= 4 is 5.91 Å². The van der Waals surface area contributed by atoms with Crippen molar-refractivity contribution in [3.8, 4) is 6.08 Å². The first-order chi connectivity index (χ1) is 8.47. The fourth-order valence-electron chi connectivity index (χ4n) is 1.44. The summed E-state index contributed by atoms with van der Waals surface area (Å²) in [6, 6.07) is 0.146. The molecular formula is C12H21N3O3. The molecule has 6 nitrogen and oxygen atoms in total. The van der Waals surface area contributed by atoms with E-state index in [1.807, 2.05) is 6.92 Å². The fraction of sp³-hybridized carbons (Fsp3) is 0.750. The average Bonchev–Trinajstić information content (AvgIpc) is 2.70. The maximum atomic E-state index is 11.6. The van der Waals surface area contributed by atoms with Gasteiger partial charge < -0.3 is 10.1 Å². The Morgan fingerprint density at radius 3 is 2.67 bits per heavy atom. The fourth-order valence-corrected chi connectivity index (χ4v) is 1.44. The van der Waals surface area contributed by atoms with Gasteiger partial charge in [-0.2, -0.15) is 4.98 Å². The number of aryl methyl sites for hydroxylation is 1. The summed E-state index contributed by atoms with van der Waals surface area (Å²) in [5.41, 5.74) is 0. The van der Waals surface area contributed by atoms with Crippen molar-refractivity contribution in [1.29, 1.82) is 0 Å². The predicted molar refractivity (Wildman–Crippen MR) is 66.2 cm³/mol. The Morgan fingerprint density at radius 1 is 1.39 bits per heavy atom. The summed E-state index contributed by atoms with van der Waals surface area (Å²) in [4.78, 5) is 15.4. The molecule has 0 aromatic carbocycles. The molecule has 0 radical (unpaired) electrons. The van der Waals surface area contributed by atoms with Crippen LogP contribution in [0.25, 0.3) is 0 Å². The lowest BCUT2D eigenvalue weighted by Crippen LogP contribution is -2.36. The maximum absolute atomic E-state index is 11.6. The van der Waals surface area contributed by atoms with Crippen molar-refractivity contribution in [3.05, 3.63) is 5.82 Å². The van der Waals surface area contributed by atoms with Gasteiger partial charge in [0.15, 0.2) is 12.4 Å². The van der Waals surface area contributed by atoms with Crippen LogP contribution in [0.15, 0.2) is 4.52 Å². The van der Waals surface area contributed by atoms with Crippen molar-refractivity contribution in [3.63, 3.8) is 0 Å². The first-order valence-electron chi connectivity index (χ1n) is 6.20. The lowest BCUT2D eigenvalue weighted by molar-refractivity contribution is -0.124. The molecule has 18 heavy (non-hydrogen) atoms. The zero-order valence-corrected chi connectivity index (χ0v) is 11.4. The molecule has 0 saturated heterocycles. The van der Waals surface area contributed by atoms with Gasteiger partial charge in [0.2, 0.25) is 0 Å². The third-order valence-corrected chi connectivity index (χ3v) is 2.42. The number of hydrogen-bond acceptors (Lipinski definition) is 5. The Kier molecular flexibility index (Phi) is 5.61. The van der Waals surface area contributed by atoms with Crippen molar-refractivity contribution in [2.75, 3.05) is 6.61 Å². The van der Waals surface area contributed by atoms with Gasteiger partial charge in [0, 0.05) is 6.04 Å². The molecule has 0 aliphatic carbocycles. The van der Waals surface area contributed by atoms with Crippen LogP contribution >= 0.6 is 0 Å². The van der Waals surface area contributed by atoms with E-state index in [9.17, 15) is 4.79 Å². The Bertz CT molecular complexity index is 376. The van der Waals surface area contributed by atoms with Gasteiger partial charge >= 0.3 is 6.08 Å². The number of carbonyl (C=O) groups excluding carboxylic acids is 1. The van der Waals surface area contributed by atoms with E-state index in [-0.39, 0.29) is 24.6 Å². The van der Waals surface area contributed by atoms with E-state index >= 15 is 0 Å². The number of amides is 1.